The molecule has 3 nitrogen and oxygen atoms in total. The van der Waals surface area contributed by atoms with E-state index in [0.717, 1.165) is 11.4 Å². The molecule has 0 radical (unpaired) electrons. The Labute approximate surface area is 107 Å². The van der Waals surface area contributed by atoms with Crippen molar-refractivity contribution in [3.8, 4) is 11.8 Å². The molecule has 0 aliphatic carbocycles. The summed E-state index contributed by atoms with van der Waals surface area (Å²) in [4.78, 5) is 8.28. The lowest BCUT2D eigenvalue weighted by molar-refractivity contribution is 0.437. The van der Waals surface area contributed by atoms with Crippen molar-refractivity contribution < 1.29 is 9.13 Å². The van der Waals surface area contributed by atoms with E-state index in [-0.39, 0.29) is 11.8 Å². The average molecular weight is 297 g/mol. The van der Waals surface area contributed by atoms with Gasteiger partial charge in [-0.3, -0.25) is 0 Å². The van der Waals surface area contributed by atoms with Gasteiger partial charge in [-0.25, -0.2) is 14.4 Å². The lowest BCUT2D eigenvalue weighted by Crippen LogP contribution is -1.96. The maximum Gasteiger partial charge on any atom is 0.322 e. The van der Waals surface area contributed by atoms with Gasteiger partial charge in [0.25, 0.3) is 0 Å². The molecule has 0 N–H and O–H groups in total. The van der Waals surface area contributed by atoms with Gasteiger partial charge in [-0.05, 0) is 54.0 Å². The van der Waals surface area contributed by atoms with E-state index in [0.29, 0.717) is 10.2 Å². The van der Waals surface area contributed by atoms with Crippen LogP contribution in [0.5, 0.6) is 11.8 Å². The van der Waals surface area contributed by atoms with Crippen LogP contribution in [0.1, 0.15) is 11.4 Å². The first kappa shape index (κ1) is 12.0. The monoisotopic (exact) mass is 296 g/mol. The Balaban J connectivity index is 2.28. The highest BCUT2D eigenvalue weighted by Crippen LogP contribution is 2.24. The van der Waals surface area contributed by atoms with Crippen LogP contribution in [0.25, 0.3) is 0 Å². The third-order valence-electron chi connectivity index (χ3n) is 2.06. The molecule has 2 rings (SSSR count). The van der Waals surface area contributed by atoms with Crippen molar-refractivity contribution in [3.63, 3.8) is 0 Å². The van der Waals surface area contributed by atoms with Gasteiger partial charge in [0, 0.05) is 11.4 Å². The zero-order valence-corrected chi connectivity index (χ0v) is 11.0. The zero-order valence-electron chi connectivity index (χ0n) is 9.37. The molecule has 1 heterocycles. The van der Waals surface area contributed by atoms with E-state index in [1.807, 2.05) is 19.9 Å². The van der Waals surface area contributed by atoms with Crippen LogP contribution in [-0.4, -0.2) is 9.97 Å². The van der Waals surface area contributed by atoms with Gasteiger partial charge in [-0.15, -0.1) is 0 Å². The highest BCUT2D eigenvalue weighted by atomic mass is 79.9. The number of ether oxygens (including phenoxy) is 1. The number of nitrogens with zero attached hydrogens (tertiary/aromatic N) is 2. The molecule has 17 heavy (non-hydrogen) atoms. The second kappa shape index (κ2) is 4.79. The van der Waals surface area contributed by atoms with Crippen molar-refractivity contribution in [2.24, 2.45) is 0 Å². The maximum absolute atomic E-state index is 13.0. The first-order valence-electron chi connectivity index (χ1n) is 5.00. The van der Waals surface area contributed by atoms with Gasteiger partial charge in [0.05, 0.1) is 4.47 Å². The summed E-state index contributed by atoms with van der Waals surface area (Å²) in [6, 6.07) is 6.51. The molecule has 1 aromatic carbocycles. The molecule has 0 fully saturated rings. The molecule has 5 heteroatoms. The van der Waals surface area contributed by atoms with Gasteiger partial charge in [-0.2, -0.15) is 0 Å². The second-order valence-electron chi connectivity index (χ2n) is 3.61. The molecule has 0 saturated heterocycles. The Hall–Kier alpha value is -1.49. The number of hydrogen-bond acceptors (Lipinski definition) is 3. The van der Waals surface area contributed by atoms with Gasteiger partial charge < -0.3 is 4.74 Å². The molecule has 0 spiro atoms. The fourth-order valence-electron chi connectivity index (χ4n) is 1.38. The van der Waals surface area contributed by atoms with Gasteiger partial charge in [0.2, 0.25) is 0 Å². The minimum atomic E-state index is -0.335. The van der Waals surface area contributed by atoms with Gasteiger partial charge in [-0.1, -0.05) is 0 Å². The third-order valence-corrected chi connectivity index (χ3v) is 2.67. The van der Waals surface area contributed by atoms with Crippen LogP contribution >= 0.6 is 15.9 Å². The van der Waals surface area contributed by atoms with Crippen LogP contribution in [0.15, 0.2) is 28.7 Å². The van der Waals surface area contributed by atoms with E-state index in [2.05, 4.69) is 25.9 Å². The predicted molar refractivity (Wildman–Crippen MR) is 65.7 cm³/mol. The predicted octanol–water partition coefficient (Wildman–Crippen LogP) is 3.79. The Morgan fingerprint density at radius 3 is 2.35 bits per heavy atom. The summed E-state index contributed by atoms with van der Waals surface area (Å²) < 4.78 is 18.8. The molecule has 0 aliphatic heterocycles. The number of hydrogen-bond donors (Lipinski definition) is 0. The summed E-state index contributed by atoms with van der Waals surface area (Å²) >= 11 is 3.09. The van der Waals surface area contributed by atoms with Crippen molar-refractivity contribution in [3.05, 3.63) is 45.9 Å². The van der Waals surface area contributed by atoms with Crippen molar-refractivity contribution in [2.45, 2.75) is 13.8 Å². The standard InChI is InChI=1S/C12H10BrFN2O/c1-7-5-8(2)16-12(15-7)17-9-3-4-11(14)10(13)6-9/h3-6H,1-2H3. The molecule has 0 saturated carbocycles. The number of aromatic nitrogens is 2. The molecule has 0 amide bonds. The summed E-state index contributed by atoms with van der Waals surface area (Å²) in [5, 5.41) is 0. The number of rotatable bonds is 2. The summed E-state index contributed by atoms with van der Waals surface area (Å²) in [5.74, 6) is 0.155. The molecular weight excluding hydrogens is 287 g/mol. The summed E-state index contributed by atoms with van der Waals surface area (Å²) in [7, 11) is 0. The molecule has 0 unspecified atom stereocenters. The summed E-state index contributed by atoms with van der Waals surface area (Å²) in [5.41, 5.74) is 1.65. The van der Waals surface area contributed by atoms with E-state index in [4.69, 9.17) is 4.74 Å². The normalized spacial score (nSPS) is 10.4. The fourth-order valence-corrected chi connectivity index (χ4v) is 1.74. The van der Waals surface area contributed by atoms with Gasteiger partial charge in [0.1, 0.15) is 11.6 Å². The molecule has 0 atom stereocenters. The number of aryl methyl sites for hydroxylation is 2. The van der Waals surface area contributed by atoms with Crippen molar-refractivity contribution in [1.82, 2.24) is 9.97 Å². The Bertz CT molecular complexity index is 540. The Kier molecular flexibility index (Phi) is 3.38. The van der Waals surface area contributed by atoms with E-state index in [1.165, 1.54) is 18.2 Å². The minimum absolute atomic E-state index is 0.265. The van der Waals surface area contributed by atoms with Crippen LogP contribution in [0.3, 0.4) is 0 Å². The van der Waals surface area contributed by atoms with Gasteiger partial charge >= 0.3 is 6.01 Å². The van der Waals surface area contributed by atoms with Crippen LogP contribution in [0.4, 0.5) is 4.39 Å². The number of halogens is 2. The first-order chi connectivity index (χ1) is 8.04. The lowest BCUT2D eigenvalue weighted by Gasteiger charge is -2.06. The maximum atomic E-state index is 13.0. The molecular formula is C12H10BrFN2O. The Morgan fingerprint density at radius 1 is 1.12 bits per heavy atom. The summed E-state index contributed by atoms with van der Waals surface area (Å²) in [6.45, 7) is 3.73. The van der Waals surface area contributed by atoms with Crippen LogP contribution in [-0.2, 0) is 0 Å². The lowest BCUT2D eigenvalue weighted by atomic mass is 10.3. The van der Waals surface area contributed by atoms with E-state index in [9.17, 15) is 4.39 Å². The van der Waals surface area contributed by atoms with Crippen LogP contribution in [0.2, 0.25) is 0 Å². The molecule has 1 aromatic heterocycles. The van der Waals surface area contributed by atoms with E-state index in [1.54, 1.807) is 0 Å². The molecule has 0 aliphatic rings. The fraction of sp³-hybridized carbons (Fsp3) is 0.167. The van der Waals surface area contributed by atoms with Crippen LogP contribution in [0, 0.1) is 19.7 Å². The third kappa shape index (κ3) is 3.00. The Morgan fingerprint density at radius 2 is 1.76 bits per heavy atom. The quantitative estimate of drug-likeness (QED) is 0.846. The molecule has 88 valence electrons. The summed E-state index contributed by atoms with van der Waals surface area (Å²) in [6.07, 6.45) is 0. The molecule has 0 bridgehead atoms. The van der Waals surface area contributed by atoms with Crippen molar-refractivity contribution >= 4 is 15.9 Å². The smallest absolute Gasteiger partial charge is 0.322 e. The zero-order chi connectivity index (χ0) is 12.4. The number of benzene rings is 1. The highest BCUT2D eigenvalue weighted by Gasteiger charge is 2.05. The topological polar surface area (TPSA) is 35.0 Å². The molecule has 2 aromatic rings. The van der Waals surface area contributed by atoms with E-state index >= 15 is 0 Å². The minimum Gasteiger partial charge on any atom is -0.424 e. The second-order valence-corrected chi connectivity index (χ2v) is 4.47. The van der Waals surface area contributed by atoms with Crippen molar-refractivity contribution in [1.29, 1.82) is 0 Å². The van der Waals surface area contributed by atoms with Crippen molar-refractivity contribution in [2.75, 3.05) is 0 Å². The first-order valence-corrected chi connectivity index (χ1v) is 5.79. The largest absolute Gasteiger partial charge is 0.424 e. The average Bonchev–Trinajstić information content (AvgIpc) is 2.22. The van der Waals surface area contributed by atoms with Gasteiger partial charge in [0.15, 0.2) is 0 Å². The SMILES string of the molecule is Cc1cc(C)nc(Oc2ccc(F)c(Br)c2)n1. The highest BCUT2D eigenvalue weighted by molar-refractivity contribution is 9.10. The van der Waals surface area contributed by atoms with Crippen LogP contribution < -0.4 is 4.74 Å². The van der Waals surface area contributed by atoms with E-state index < -0.39 is 0 Å².